The molecule has 5 heteroatoms. The average molecular weight is 516 g/mol. The lowest BCUT2D eigenvalue weighted by atomic mass is 9.93. The zero-order chi connectivity index (χ0) is 23.7. The van der Waals surface area contributed by atoms with Crippen LogP contribution in [0.2, 0.25) is 0 Å². The number of rotatable bonds is 7. The Hall–Kier alpha value is -3.18. The predicted molar refractivity (Wildman–Crippen MR) is 137 cm³/mol. The molecular weight excluding hydrogens is 490 g/mol. The molecule has 1 heterocycles. The molecule has 0 N–H and O–H groups in total. The number of hydrogen-bond acceptors (Lipinski definition) is 4. The summed E-state index contributed by atoms with van der Waals surface area (Å²) in [5.74, 6) is 0.706. The molecule has 172 valence electrons. The van der Waals surface area contributed by atoms with Gasteiger partial charge in [-0.1, -0.05) is 81.8 Å². The Kier molecular flexibility index (Phi) is 6.13. The molecule has 4 nitrogen and oxygen atoms in total. The second kappa shape index (κ2) is 9.22. The largest absolute Gasteiger partial charge is 0.465 e. The monoisotopic (exact) mass is 515 g/mol. The number of carbonyl (C=O) groups is 1. The van der Waals surface area contributed by atoms with E-state index in [0.29, 0.717) is 6.61 Å². The van der Waals surface area contributed by atoms with E-state index < -0.39 is 5.41 Å². The van der Waals surface area contributed by atoms with E-state index in [1.165, 1.54) is 5.56 Å². The van der Waals surface area contributed by atoms with Gasteiger partial charge in [0.1, 0.15) is 0 Å². The van der Waals surface area contributed by atoms with Gasteiger partial charge in [0.15, 0.2) is 5.76 Å². The first-order chi connectivity index (χ1) is 16.5. The van der Waals surface area contributed by atoms with Crippen molar-refractivity contribution >= 4 is 21.9 Å². The third-order valence-corrected chi connectivity index (χ3v) is 7.08. The highest BCUT2D eigenvalue weighted by Gasteiger charge is 2.52. The predicted octanol–water partition coefficient (Wildman–Crippen LogP) is 7.27. The first kappa shape index (κ1) is 22.6. The van der Waals surface area contributed by atoms with Crippen LogP contribution in [0.3, 0.4) is 0 Å². The fourth-order valence-electron chi connectivity index (χ4n) is 4.48. The van der Waals surface area contributed by atoms with E-state index in [9.17, 15) is 4.79 Å². The van der Waals surface area contributed by atoms with Crippen molar-refractivity contribution in [2.24, 2.45) is 0 Å². The van der Waals surface area contributed by atoms with Crippen LogP contribution in [-0.4, -0.2) is 17.7 Å². The number of esters is 1. The van der Waals surface area contributed by atoms with Crippen LogP contribution < -0.4 is 0 Å². The van der Waals surface area contributed by atoms with Gasteiger partial charge in [-0.25, -0.2) is 0 Å². The van der Waals surface area contributed by atoms with Crippen LogP contribution in [0.15, 0.2) is 81.8 Å². The Bertz CT molecular complexity index is 1320. The van der Waals surface area contributed by atoms with Gasteiger partial charge in [-0.15, -0.1) is 0 Å². The summed E-state index contributed by atoms with van der Waals surface area (Å²) >= 11 is 3.55. The fraction of sp³-hybridized carbons (Fsp3) is 0.241. The molecule has 4 aromatic rings. The maximum Gasteiger partial charge on any atom is 0.316 e. The molecular formula is C29H26BrNO3. The van der Waals surface area contributed by atoms with Crippen molar-refractivity contribution in [1.82, 2.24) is 5.16 Å². The zero-order valence-corrected chi connectivity index (χ0v) is 20.9. The number of benzene rings is 3. The zero-order valence-electron chi connectivity index (χ0n) is 19.3. The summed E-state index contributed by atoms with van der Waals surface area (Å²) in [6.07, 6.45) is 2.48. The van der Waals surface area contributed by atoms with Crippen molar-refractivity contribution in [2.45, 2.75) is 38.5 Å². The normalized spacial score (nSPS) is 14.1. The number of nitrogens with zero attached hydrogens (tertiary/aromatic N) is 1. The highest BCUT2D eigenvalue weighted by Crippen LogP contribution is 2.49. The molecule has 5 rings (SSSR count). The molecule has 34 heavy (non-hydrogen) atoms. The van der Waals surface area contributed by atoms with E-state index in [0.717, 1.165) is 63.0 Å². The quantitative estimate of drug-likeness (QED) is 0.243. The van der Waals surface area contributed by atoms with Crippen LogP contribution in [0.1, 0.15) is 42.1 Å². The Morgan fingerprint density at radius 3 is 2.26 bits per heavy atom. The molecule has 1 fully saturated rings. The lowest BCUT2D eigenvalue weighted by Crippen LogP contribution is -2.23. The summed E-state index contributed by atoms with van der Waals surface area (Å²) in [5.41, 5.74) is 7.04. The highest BCUT2D eigenvalue weighted by atomic mass is 79.9. The Morgan fingerprint density at radius 2 is 1.65 bits per heavy atom. The maximum absolute atomic E-state index is 12.4. The first-order valence-electron chi connectivity index (χ1n) is 11.6. The van der Waals surface area contributed by atoms with Gasteiger partial charge in [-0.3, -0.25) is 4.79 Å². The molecule has 0 aliphatic heterocycles. The van der Waals surface area contributed by atoms with Gasteiger partial charge in [-0.2, -0.15) is 0 Å². The van der Waals surface area contributed by atoms with Crippen LogP contribution in [0.5, 0.6) is 0 Å². The van der Waals surface area contributed by atoms with E-state index in [2.05, 4.69) is 81.8 Å². The smallest absolute Gasteiger partial charge is 0.316 e. The van der Waals surface area contributed by atoms with Gasteiger partial charge in [0, 0.05) is 22.0 Å². The number of carbonyl (C=O) groups excluding carboxylic acids is 1. The number of aryl methyl sites for hydroxylation is 1. The molecule has 1 aliphatic rings. The summed E-state index contributed by atoms with van der Waals surface area (Å²) in [4.78, 5) is 12.4. The summed E-state index contributed by atoms with van der Waals surface area (Å²) in [5, 5.41) is 4.23. The second-order valence-electron chi connectivity index (χ2n) is 8.84. The molecule has 1 aromatic heterocycles. The fourth-order valence-corrected chi connectivity index (χ4v) is 4.92. The number of ether oxygens (including phenoxy) is 1. The molecule has 1 saturated carbocycles. The number of hydrogen-bond donors (Lipinski definition) is 0. The molecule has 0 saturated heterocycles. The van der Waals surface area contributed by atoms with Crippen LogP contribution in [-0.2, 0) is 21.4 Å². The minimum atomic E-state index is -0.437. The minimum Gasteiger partial charge on any atom is -0.465 e. The van der Waals surface area contributed by atoms with E-state index in [1.54, 1.807) is 0 Å². The summed E-state index contributed by atoms with van der Waals surface area (Å²) < 4.78 is 12.1. The second-order valence-corrected chi connectivity index (χ2v) is 9.76. The molecule has 0 bridgehead atoms. The van der Waals surface area contributed by atoms with Crippen molar-refractivity contribution < 1.29 is 14.1 Å². The Balaban J connectivity index is 1.36. The molecule has 0 atom stereocenters. The standard InChI is InChI=1S/C29H26BrNO3/c1-3-33-28(32)29(15-16-29)24-13-11-22(12-14-24)21-7-9-23(10-8-21)27-26(19(2)31-34-27)18-20-5-4-6-25(30)17-20/h4-14,17H,3,15-16,18H2,1-2H3. The van der Waals surface area contributed by atoms with Crippen molar-refractivity contribution in [2.75, 3.05) is 6.61 Å². The molecule has 3 aromatic carbocycles. The van der Waals surface area contributed by atoms with Crippen molar-refractivity contribution in [1.29, 1.82) is 0 Å². The Labute approximate surface area is 208 Å². The lowest BCUT2D eigenvalue weighted by Gasteiger charge is -2.14. The van der Waals surface area contributed by atoms with Crippen LogP contribution in [0.25, 0.3) is 22.5 Å². The number of aromatic nitrogens is 1. The van der Waals surface area contributed by atoms with Crippen LogP contribution in [0.4, 0.5) is 0 Å². The van der Waals surface area contributed by atoms with Crippen LogP contribution in [0, 0.1) is 6.92 Å². The molecule has 0 amide bonds. The van der Waals surface area contributed by atoms with E-state index in [4.69, 9.17) is 9.26 Å². The summed E-state index contributed by atoms with van der Waals surface area (Å²) in [7, 11) is 0. The van der Waals surface area contributed by atoms with Crippen LogP contribution >= 0.6 is 15.9 Å². The lowest BCUT2D eigenvalue weighted by molar-refractivity contribution is -0.146. The molecule has 1 aliphatic carbocycles. The van der Waals surface area contributed by atoms with Crippen molar-refractivity contribution in [3.05, 3.63) is 99.7 Å². The molecule has 0 unspecified atom stereocenters. The highest BCUT2D eigenvalue weighted by molar-refractivity contribution is 9.10. The van der Waals surface area contributed by atoms with Gasteiger partial charge in [-0.05, 0) is 61.1 Å². The minimum absolute atomic E-state index is 0.104. The topological polar surface area (TPSA) is 52.3 Å². The first-order valence-corrected chi connectivity index (χ1v) is 12.4. The summed E-state index contributed by atoms with van der Waals surface area (Å²) in [6, 6.07) is 24.9. The van der Waals surface area contributed by atoms with Gasteiger partial charge >= 0.3 is 5.97 Å². The van der Waals surface area contributed by atoms with Gasteiger partial charge in [0.2, 0.25) is 0 Å². The molecule has 0 spiro atoms. The van der Waals surface area contributed by atoms with Crippen molar-refractivity contribution in [3.8, 4) is 22.5 Å². The third kappa shape index (κ3) is 4.32. The Morgan fingerprint density at radius 1 is 1.00 bits per heavy atom. The van der Waals surface area contributed by atoms with E-state index >= 15 is 0 Å². The van der Waals surface area contributed by atoms with Gasteiger partial charge in [0.25, 0.3) is 0 Å². The van der Waals surface area contributed by atoms with Gasteiger partial charge < -0.3 is 9.26 Å². The number of halogens is 1. The SMILES string of the molecule is CCOC(=O)C1(c2ccc(-c3ccc(-c4onc(C)c4Cc4cccc(Br)c4)cc3)cc2)CC1. The molecule has 0 radical (unpaired) electrons. The van der Waals surface area contributed by atoms with Crippen molar-refractivity contribution in [3.63, 3.8) is 0 Å². The van der Waals surface area contributed by atoms with E-state index in [-0.39, 0.29) is 5.97 Å². The van der Waals surface area contributed by atoms with Gasteiger partial charge in [0.05, 0.1) is 17.7 Å². The third-order valence-electron chi connectivity index (χ3n) is 6.59. The maximum atomic E-state index is 12.4. The van der Waals surface area contributed by atoms with E-state index in [1.807, 2.05) is 26.0 Å². The summed E-state index contributed by atoms with van der Waals surface area (Å²) in [6.45, 7) is 4.25. The average Bonchev–Trinajstić information content (AvgIpc) is 3.59.